The monoisotopic (exact) mass is 569 g/mol. The van der Waals surface area contributed by atoms with Gasteiger partial charge >= 0.3 is 0 Å². The van der Waals surface area contributed by atoms with E-state index in [9.17, 15) is 12.8 Å². The van der Waals surface area contributed by atoms with Crippen molar-refractivity contribution in [3.05, 3.63) is 84.3 Å². The van der Waals surface area contributed by atoms with Crippen LogP contribution in [0.4, 0.5) is 4.39 Å². The quantitative estimate of drug-likeness (QED) is 0.264. The molecule has 9 nitrogen and oxygen atoms in total. The number of nitrogens with zero attached hydrogens (tertiary/aromatic N) is 5. The molecule has 0 unspecified atom stereocenters. The number of fused-ring (bicyclic) bond motifs is 2. The first kappa shape index (κ1) is 26.7. The Morgan fingerprint density at radius 2 is 1.63 bits per heavy atom. The van der Waals surface area contributed by atoms with E-state index < -0.39 is 15.7 Å². The van der Waals surface area contributed by atoms with Crippen LogP contribution in [-0.4, -0.2) is 69.6 Å². The first-order chi connectivity index (χ1) is 19.6. The lowest BCUT2D eigenvalue weighted by Gasteiger charge is -2.10. The summed E-state index contributed by atoms with van der Waals surface area (Å²) in [5.41, 5.74) is 7.86. The molecule has 0 aliphatic carbocycles. The van der Waals surface area contributed by atoms with Crippen molar-refractivity contribution < 1.29 is 12.8 Å². The molecule has 6 aromatic rings. The van der Waals surface area contributed by atoms with Gasteiger partial charge in [-0.3, -0.25) is 15.1 Å². The van der Waals surface area contributed by atoms with Crippen LogP contribution in [0.2, 0.25) is 0 Å². The Bertz CT molecular complexity index is 2010. The van der Waals surface area contributed by atoms with Gasteiger partial charge in [-0.2, -0.15) is 5.10 Å². The number of aryl methyl sites for hydroxylation is 1. The average molecular weight is 570 g/mol. The van der Waals surface area contributed by atoms with Crippen LogP contribution in [-0.2, 0) is 22.8 Å². The van der Waals surface area contributed by atoms with Crippen molar-refractivity contribution in [1.82, 2.24) is 35.0 Å². The predicted molar refractivity (Wildman–Crippen MR) is 158 cm³/mol. The van der Waals surface area contributed by atoms with Gasteiger partial charge < -0.3 is 9.88 Å². The smallest absolute Gasteiger partial charge is 0.181 e. The number of aromatic amines is 2. The maximum atomic E-state index is 14.6. The van der Waals surface area contributed by atoms with E-state index in [1.165, 1.54) is 18.4 Å². The summed E-state index contributed by atoms with van der Waals surface area (Å²) in [6, 6.07) is 10.8. The molecule has 0 atom stereocenters. The number of hydrogen-bond donors (Lipinski definition) is 2. The Labute approximate surface area is 236 Å². The Morgan fingerprint density at radius 3 is 2.44 bits per heavy atom. The highest BCUT2D eigenvalue weighted by molar-refractivity contribution is 7.90. The maximum absolute atomic E-state index is 14.6. The molecule has 6 rings (SSSR count). The Morgan fingerprint density at radius 1 is 0.854 bits per heavy atom. The van der Waals surface area contributed by atoms with Crippen molar-refractivity contribution in [2.75, 3.05) is 26.1 Å². The summed E-state index contributed by atoms with van der Waals surface area (Å²) in [4.78, 5) is 18.9. The van der Waals surface area contributed by atoms with Gasteiger partial charge in [-0.05, 0) is 67.5 Å². The van der Waals surface area contributed by atoms with Gasteiger partial charge in [0.05, 0.1) is 28.9 Å². The van der Waals surface area contributed by atoms with E-state index in [-0.39, 0.29) is 12.2 Å². The molecule has 0 spiro atoms. The van der Waals surface area contributed by atoms with Crippen LogP contribution in [0.15, 0.2) is 67.4 Å². The molecule has 0 saturated heterocycles. The number of hydrogen-bond acceptors (Lipinski definition) is 7. The van der Waals surface area contributed by atoms with Crippen LogP contribution in [0.25, 0.3) is 55.6 Å². The summed E-state index contributed by atoms with van der Waals surface area (Å²) >= 11 is 0. The van der Waals surface area contributed by atoms with Crippen molar-refractivity contribution >= 4 is 31.8 Å². The number of rotatable bonds is 8. The van der Waals surface area contributed by atoms with E-state index >= 15 is 0 Å². The molecule has 0 amide bonds. The molecule has 0 bridgehead atoms. The minimum absolute atomic E-state index is 0.0500. The molecule has 0 fully saturated rings. The van der Waals surface area contributed by atoms with Crippen LogP contribution in [0.3, 0.4) is 0 Å². The van der Waals surface area contributed by atoms with Crippen molar-refractivity contribution in [3.8, 4) is 33.6 Å². The molecule has 0 aliphatic heterocycles. The van der Waals surface area contributed by atoms with Crippen LogP contribution < -0.4 is 0 Å². The summed E-state index contributed by atoms with van der Waals surface area (Å²) < 4.78 is 37.9. The van der Waals surface area contributed by atoms with E-state index in [1.807, 2.05) is 44.7 Å². The summed E-state index contributed by atoms with van der Waals surface area (Å²) in [7, 11) is 0.864. The zero-order valence-electron chi connectivity index (χ0n) is 22.8. The number of pyridine rings is 3. The minimum Gasteiger partial charge on any atom is -0.352 e. The Hall–Kier alpha value is -4.48. The predicted octanol–water partition coefficient (Wildman–Crippen LogP) is 5.02. The van der Waals surface area contributed by atoms with Crippen LogP contribution >= 0.6 is 0 Å². The summed E-state index contributed by atoms with van der Waals surface area (Å²) in [6.45, 7) is 0.781. The third-order valence-corrected chi connectivity index (χ3v) is 7.83. The third-order valence-electron chi connectivity index (χ3n) is 6.88. The fourth-order valence-corrected chi connectivity index (χ4v) is 5.64. The lowest BCUT2D eigenvalue weighted by atomic mass is 10.0. The fourth-order valence-electron chi connectivity index (χ4n) is 5.03. The topological polar surface area (TPSA) is 121 Å². The molecule has 0 radical (unpaired) electrons. The van der Waals surface area contributed by atoms with Gasteiger partial charge in [0.1, 0.15) is 15.7 Å². The average Bonchev–Trinajstić information content (AvgIpc) is 3.54. The molecule has 1 aromatic carbocycles. The highest BCUT2D eigenvalue weighted by Crippen LogP contribution is 2.35. The number of sulfone groups is 1. The standard InChI is InChI=1S/C30H28FN7O2S/c1-38(2)17-19-7-21(13-32-12-19)22-10-25-29(36-37-30(25)34-14-22)27-11-24-26(15-33-16-28(24)35-27)20-6-18(8-23(31)9-20)4-5-41(3,39)40/h6-16,35H,4-5,17H2,1-3H3,(H,34,36,37). The first-order valence-corrected chi connectivity index (χ1v) is 15.1. The van der Waals surface area contributed by atoms with Gasteiger partial charge in [0, 0.05) is 65.1 Å². The van der Waals surface area contributed by atoms with Crippen molar-refractivity contribution in [2.45, 2.75) is 13.0 Å². The normalized spacial score (nSPS) is 12.1. The van der Waals surface area contributed by atoms with Gasteiger partial charge in [0.25, 0.3) is 0 Å². The second-order valence-corrected chi connectivity index (χ2v) is 12.8. The Balaban J connectivity index is 1.40. The number of benzene rings is 1. The lowest BCUT2D eigenvalue weighted by Crippen LogP contribution is -2.10. The lowest BCUT2D eigenvalue weighted by molar-refractivity contribution is 0.402. The molecule has 41 heavy (non-hydrogen) atoms. The summed E-state index contributed by atoms with van der Waals surface area (Å²) in [5, 5.41) is 9.21. The summed E-state index contributed by atoms with van der Waals surface area (Å²) in [6.07, 6.45) is 10.3. The molecule has 0 saturated carbocycles. The largest absolute Gasteiger partial charge is 0.352 e. The second kappa shape index (κ2) is 10.5. The fraction of sp³-hybridized carbons (Fsp3) is 0.200. The second-order valence-electron chi connectivity index (χ2n) is 10.6. The van der Waals surface area contributed by atoms with Gasteiger partial charge in [0.2, 0.25) is 0 Å². The number of H-pyrrole nitrogens is 2. The highest BCUT2D eigenvalue weighted by Gasteiger charge is 2.16. The van der Waals surface area contributed by atoms with E-state index in [2.05, 4.69) is 41.1 Å². The van der Waals surface area contributed by atoms with Crippen molar-refractivity contribution in [3.63, 3.8) is 0 Å². The molecular formula is C30H28FN7O2S. The van der Waals surface area contributed by atoms with E-state index in [0.29, 0.717) is 16.8 Å². The number of nitrogens with one attached hydrogen (secondary N) is 2. The van der Waals surface area contributed by atoms with Crippen molar-refractivity contribution in [2.24, 2.45) is 0 Å². The molecule has 208 valence electrons. The van der Waals surface area contributed by atoms with Crippen molar-refractivity contribution in [1.29, 1.82) is 0 Å². The molecule has 2 N–H and O–H groups in total. The highest BCUT2D eigenvalue weighted by atomic mass is 32.2. The van der Waals surface area contributed by atoms with Crippen LogP contribution in [0, 0.1) is 5.82 Å². The van der Waals surface area contributed by atoms with E-state index in [0.717, 1.165) is 56.5 Å². The van der Waals surface area contributed by atoms with Crippen LogP contribution in [0.5, 0.6) is 0 Å². The van der Waals surface area contributed by atoms with Crippen LogP contribution in [0.1, 0.15) is 11.1 Å². The number of halogens is 1. The van der Waals surface area contributed by atoms with Gasteiger partial charge in [-0.15, -0.1) is 0 Å². The molecule has 11 heteroatoms. The zero-order valence-corrected chi connectivity index (χ0v) is 23.6. The maximum Gasteiger partial charge on any atom is 0.181 e. The van der Waals surface area contributed by atoms with Gasteiger partial charge in [0.15, 0.2) is 5.65 Å². The molecule has 5 heterocycles. The Kier molecular flexibility index (Phi) is 6.84. The van der Waals surface area contributed by atoms with E-state index in [4.69, 9.17) is 0 Å². The SMILES string of the molecule is CN(C)Cc1cncc(-c2cnc3n[nH]c(-c4cc5c(-c6cc(F)cc(CCS(C)(=O)=O)c6)cncc5[nH]4)c3c2)c1. The van der Waals surface area contributed by atoms with Gasteiger partial charge in [-0.25, -0.2) is 17.8 Å². The third kappa shape index (κ3) is 5.72. The summed E-state index contributed by atoms with van der Waals surface area (Å²) in [5.74, 6) is -0.480. The first-order valence-electron chi connectivity index (χ1n) is 13.0. The van der Waals surface area contributed by atoms with Gasteiger partial charge in [-0.1, -0.05) is 6.07 Å². The molecular weight excluding hydrogens is 541 g/mol. The minimum atomic E-state index is -3.17. The number of aromatic nitrogens is 6. The molecule has 0 aliphatic rings. The molecule has 5 aromatic heterocycles. The zero-order chi connectivity index (χ0) is 28.7. The van der Waals surface area contributed by atoms with E-state index in [1.54, 1.807) is 18.6 Å².